The highest BCUT2D eigenvalue weighted by molar-refractivity contribution is 6.04. The van der Waals surface area contributed by atoms with Crippen LogP contribution in [0.5, 0.6) is 0 Å². The summed E-state index contributed by atoms with van der Waals surface area (Å²) in [4.78, 5) is 36.8. The molecule has 1 aliphatic heterocycles. The van der Waals surface area contributed by atoms with Gasteiger partial charge in [-0.05, 0) is 78.8 Å². The second-order valence-corrected chi connectivity index (χ2v) is 11.6. The molecule has 10 heteroatoms. The van der Waals surface area contributed by atoms with Crippen molar-refractivity contribution in [2.24, 2.45) is 14.1 Å². The van der Waals surface area contributed by atoms with E-state index in [1.807, 2.05) is 49.6 Å². The van der Waals surface area contributed by atoms with Crippen molar-refractivity contribution >= 4 is 27.8 Å². The van der Waals surface area contributed by atoms with Crippen molar-refractivity contribution in [3.05, 3.63) is 95.4 Å². The van der Waals surface area contributed by atoms with Gasteiger partial charge in [-0.2, -0.15) is 5.10 Å². The maximum atomic E-state index is 13.7. The van der Waals surface area contributed by atoms with Crippen molar-refractivity contribution < 1.29 is 9.90 Å². The number of aliphatic hydroxyl groups excluding tert-OH is 1. The van der Waals surface area contributed by atoms with Crippen LogP contribution in [0.25, 0.3) is 50.0 Å². The number of imidazole rings is 1. The monoisotopic (exact) mass is 587 g/mol. The van der Waals surface area contributed by atoms with Crippen LogP contribution < -0.4 is 5.69 Å². The lowest BCUT2D eigenvalue weighted by Gasteiger charge is -2.33. The van der Waals surface area contributed by atoms with Crippen LogP contribution in [0.1, 0.15) is 31.2 Å². The van der Waals surface area contributed by atoms with Gasteiger partial charge in [0.25, 0.3) is 5.91 Å². The van der Waals surface area contributed by atoms with E-state index in [2.05, 4.69) is 33.3 Å². The number of nitrogens with zero attached hydrogens (tertiary/aromatic N) is 7. The van der Waals surface area contributed by atoms with Gasteiger partial charge in [0, 0.05) is 50.5 Å². The third-order valence-electron chi connectivity index (χ3n) is 8.76. The number of aromatic nitrogens is 6. The molecule has 0 radical (unpaired) electrons. The Kier molecular flexibility index (Phi) is 6.85. The zero-order chi connectivity index (χ0) is 30.5. The van der Waals surface area contributed by atoms with Crippen molar-refractivity contribution in [2.75, 3.05) is 13.1 Å². The normalized spacial score (nSPS) is 14.9. The molecule has 0 bridgehead atoms. The average molecular weight is 588 g/mol. The Morgan fingerprint density at radius 1 is 0.932 bits per heavy atom. The number of carbonyl (C=O) groups is 1. The molecule has 4 aromatic heterocycles. The van der Waals surface area contributed by atoms with Crippen molar-refractivity contribution in [1.29, 1.82) is 0 Å². The summed E-state index contributed by atoms with van der Waals surface area (Å²) in [6.45, 7) is 2.77. The molecule has 0 spiro atoms. The molecular weight excluding hydrogens is 554 g/mol. The van der Waals surface area contributed by atoms with Gasteiger partial charge in [0.1, 0.15) is 6.10 Å². The maximum absolute atomic E-state index is 13.7. The largest absolute Gasteiger partial charge is 0.384 e. The molecular formula is C34H33N7O3. The third kappa shape index (κ3) is 4.77. The predicted molar refractivity (Wildman–Crippen MR) is 169 cm³/mol. The number of hydrogen-bond donors (Lipinski definition) is 1. The van der Waals surface area contributed by atoms with E-state index in [0.29, 0.717) is 19.0 Å². The van der Waals surface area contributed by atoms with E-state index in [0.717, 1.165) is 62.8 Å². The summed E-state index contributed by atoms with van der Waals surface area (Å²) in [5.74, 6) is 0.104. The van der Waals surface area contributed by atoms with Gasteiger partial charge in [0.15, 0.2) is 0 Å². The number of likely N-dealkylation sites (tertiary alicyclic amines) is 1. The van der Waals surface area contributed by atoms with Crippen molar-refractivity contribution in [3.63, 3.8) is 0 Å². The number of amides is 1. The summed E-state index contributed by atoms with van der Waals surface area (Å²) in [5.41, 5.74) is 7.98. The van der Waals surface area contributed by atoms with Crippen molar-refractivity contribution in [2.45, 2.75) is 31.8 Å². The minimum Gasteiger partial charge on any atom is -0.384 e. The Hall–Kier alpha value is -5.09. The Labute approximate surface area is 253 Å². The predicted octanol–water partition coefficient (Wildman–Crippen LogP) is 4.43. The number of hydrogen-bond acceptors (Lipinski definition) is 6. The zero-order valence-corrected chi connectivity index (χ0v) is 24.9. The minimum atomic E-state index is -0.971. The molecule has 1 fully saturated rings. The zero-order valence-electron chi connectivity index (χ0n) is 24.9. The number of carbonyl (C=O) groups excluding carboxylic acids is 1. The van der Waals surface area contributed by atoms with Crippen LogP contribution in [0.4, 0.5) is 0 Å². The molecule has 5 heterocycles. The van der Waals surface area contributed by atoms with E-state index in [9.17, 15) is 14.7 Å². The van der Waals surface area contributed by atoms with Crippen LogP contribution in [-0.4, -0.2) is 64.0 Å². The molecule has 1 atom stereocenters. The number of pyridine rings is 2. The van der Waals surface area contributed by atoms with Crippen LogP contribution in [0.3, 0.4) is 0 Å². The summed E-state index contributed by atoms with van der Waals surface area (Å²) in [6, 6.07) is 18.3. The molecule has 222 valence electrons. The molecule has 1 saturated heterocycles. The molecule has 10 nitrogen and oxygen atoms in total. The number of rotatable bonds is 5. The minimum absolute atomic E-state index is 0.139. The number of aryl methyl sites for hydroxylation is 2. The first-order valence-corrected chi connectivity index (χ1v) is 14.8. The number of piperidine rings is 1. The van der Waals surface area contributed by atoms with E-state index < -0.39 is 6.10 Å². The molecule has 7 rings (SSSR count). The standard InChI is InChI=1S/C34H33N7O3/c1-21(42)33(43)40-14-11-23(12-15-40)22-4-7-27(8-5-22)41-32-28-16-24(6-9-29(28)36-19-31(32)39(3)34(41)44)25-10-13-35-30(17-25)26-18-37-38(2)20-26/h4-10,13,16-21,23,42H,11-12,14-15H2,1-3H3/t21-/m0/s1. The van der Waals surface area contributed by atoms with Crippen molar-refractivity contribution in [1.82, 2.24) is 33.8 Å². The van der Waals surface area contributed by atoms with Crippen LogP contribution in [0, 0.1) is 0 Å². The van der Waals surface area contributed by atoms with Crippen LogP contribution in [-0.2, 0) is 18.9 Å². The van der Waals surface area contributed by atoms with E-state index in [1.165, 1.54) is 12.5 Å². The number of benzene rings is 2. The fourth-order valence-electron chi connectivity index (χ4n) is 6.33. The Bertz CT molecular complexity index is 2080. The molecule has 44 heavy (non-hydrogen) atoms. The summed E-state index contributed by atoms with van der Waals surface area (Å²) in [7, 11) is 3.66. The molecule has 0 saturated carbocycles. The fraction of sp³-hybridized carbons (Fsp3) is 0.265. The lowest BCUT2D eigenvalue weighted by molar-refractivity contribution is -0.140. The van der Waals surface area contributed by atoms with E-state index in [1.54, 1.807) is 44.4 Å². The van der Waals surface area contributed by atoms with E-state index in [4.69, 9.17) is 0 Å². The van der Waals surface area contributed by atoms with Gasteiger partial charge in [0.2, 0.25) is 0 Å². The average Bonchev–Trinajstić information content (AvgIpc) is 3.61. The summed E-state index contributed by atoms with van der Waals surface area (Å²) >= 11 is 0. The molecule has 1 amide bonds. The summed E-state index contributed by atoms with van der Waals surface area (Å²) < 4.78 is 5.17. The van der Waals surface area contributed by atoms with Gasteiger partial charge < -0.3 is 10.0 Å². The van der Waals surface area contributed by atoms with Gasteiger partial charge in [-0.15, -0.1) is 0 Å². The molecule has 2 aromatic carbocycles. The summed E-state index contributed by atoms with van der Waals surface area (Å²) in [5, 5.41) is 14.8. The van der Waals surface area contributed by atoms with Gasteiger partial charge >= 0.3 is 5.69 Å². The number of aliphatic hydroxyl groups is 1. The van der Waals surface area contributed by atoms with Gasteiger partial charge in [-0.1, -0.05) is 18.2 Å². The Morgan fingerprint density at radius 2 is 1.68 bits per heavy atom. The summed E-state index contributed by atoms with van der Waals surface area (Å²) in [6.07, 6.45) is 8.01. The molecule has 0 unspecified atom stereocenters. The molecule has 1 N–H and O–H groups in total. The maximum Gasteiger partial charge on any atom is 0.333 e. The lowest BCUT2D eigenvalue weighted by atomic mass is 9.89. The number of fused-ring (bicyclic) bond motifs is 3. The topological polar surface area (TPSA) is 111 Å². The Balaban J connectivity index is 1.26. The highest BCUT2D eigenvalue weighted by atomic mass is 16.3. The quantitative estimate of drug-likeness (QED) is 0.320. The SMILES string of the molecule is C[C@H](O)C(=O)N1CCC(c2ccc(-n3c(=O)n(C)c4cnc5ccc(-c6ccnc(-c7cnn(C)c7)c6)cc5c43)cc2)CC1. The van der Waals surface area contributed by atoms with Gasteiger partial charge in [0.05, 0.1) is 40.3 Å². The highest BCUT2D eigenvalue weighted by Crippen LogP contribution is 2.32. The van der Waals surface area contributed by atoms with Gasteiger partial charge in [-0.25, -0.2) is 4.79 Å². The van der Waals surface area contributed by atoms with E-state index >= 15 is 0 Å². The third-order valence-corrected chi connectivity index (χ3v) is 8.76. The second-order valence-electron chi connectivity index (χ2n) is 11.6. The van der Waals surface area contributed by atoms with Crippen molar-refractivity contribution in [3.8, 4) is 28.1 Å². The molecule has 1 aliphatic rings. The smallest absolute Gasteiger partial charge is 0.333 e. The lowest BCUT2D eigenvalue weighted by Crippen LogP contribution is -2.42. The molecule has 0 aliphatic carbocycles. The van der Waals surface area contributed by atoms with E-state index in [-0.39, 0.29) is 11.6 Å². The molecule has 6 aromatic rings. The first kappa shape index (κ1) is 27.7. The van der Waals surface area contributed by atoms with Crippen LogP contribution in [0.15, 0.2) is 84.2 Å². The second kappa shape index (κ2) is 10.9. The Morgan fingerprint density at radius 3 is 2.39 bits per heavy atom. The first-order valence-electron chi connectivity index (χ1n) is 14.8. The first-order chi connectivity index (χ1) is 21.3. The van der Waals surface area contributed by atoms with Crippen LogP contribution in [0.2, 0.25) is 0 Å². The highest BCUT2D eigenvalue weighted by Gasteiger charge is 2.26. The fourth-order valence-corrected chi connectivity index (χ4v) is 6.33. The van der Waals surface area contributed by atoms with Gasteiger partial charge in [-0.3, -0.25) is 28.6 Å². The van der Waals surface area contributed by atoms with Crippen LogP contribution >= 0.6 is 0 Å².